The molecule has 1 amide bonds. The van der Waals surface area contributed by atoms with E-state index in [4.69, 9.17) is 10.9 Å². The molecule has 5 heteroatoms. The van der Waals surface area contributed by atoms with E-state index in [0.717, 1.165) is 30.5 Å². The Balaban J connectivity index is 2.37. The Morgan fingerprint density at radius 2 is 1.90 bits per heavy atom. The molecule has 21 heavy (non-hydrogen) atoms. The summed E-state index contributed by atoms with van der Waals surface area (Å²) in [5.74, 6) is -0.0561. The molecule has 1 aromatic rings. The van der Waals surface area contributed by atoms with Crippen molar-refractivity contribution in [2.24, 2.45) is 16.3 Å². The Morgan fingerprint density at radius 3 is 2.48 bits per heavy atom. The third-order valence-electron chi connectivity index (χ3n) is 4.50. The lowest BCUT2D eigenvalue weighted by atomic mass is 9.72. The van der Waals surface area contributed by atoms with Crippen LogP contribution in [0.5, 0.6) is 0 Å². The number of amidine groups is 1. The molecule has 0 saturated heterocycles. The van der Waals surface area contributed by atoms with Crippen LogP contribution in [0.1, 0.15) is 37.7 Å². The molecule has 1 fully saturated rings. The van der Waals surface area contributed by atoms with Gasteiger partial charge in [-0.05, 0) is 31.4 Å². The molecule has 0 radical (unpaired) electrons. The number of carbonyl (C=O) groups excluding carboxylic acids is 1. The molecule has 5 nitrogen and oxygen atoms in total. The molecular weight excluding hydrogens is 266 g/mol. The van der Waals surface area contributed by atoms with Crippen molar-refractivity contribution in [3.63, 3.8) is 0 Å². The average Bonchev–Trinajstić information content (AvgIpc) is 2.53. The molecule has 0 bridgehead atoms. The maximum absolute atomic E-state index is 13.0. The predicted molar refractivity (Wildman–Crippen MR) is 83.5 cm³/mol. The smallest absolute Gasteiger partial charge is 0.240 e. The summed E-state index contributed by atoms with van der Waals surface area (Å²) < 4.78 is 0. The number of amides is 1. The first-order valence-electron chi connectivity index (χ1n) is 7.35. The minimum atomic E-state index is -0.871. The molecule has 0 atom stereocenters. The lowest BCUT2D eigenvalue weighted by Gasteiger charge is -2.37. The number of rotatable bonds is 3. The SMILES string of the molecule is Cc1ccccc1N(C)C(=O)C1(C(N)=NO)CCCCC1. The van der Waals surface area contributed by atoms with Crippen molar-refractivity contribution in [2.45, 2.75) is 39.0 Å². The minimum Gasteiger partial charge on any atom is -0.409 e. The fraction of sp³-hybridized carbons (Fsp3) is 0.500. The predicted octanol–water partition coefficient (Wildman–Crippen LogP) is 2.65. The van der Waals surface area contributed by atoms with Gasteiger partial charge in [0.2, 0.25) is 5.91 Å². The van der Waals surface area contributed by atoms with Crippen molar-refractivity contribution < 1.29 is 10.0 Å². The van der Waals surface area contributed by atoms with Gasteiger partial charge in [-0.25, -0.2) is 0 Å². The van der Waals surface area contributed by atoms with Crippen LogP contribution in [0.2, 0.25) is 0 Å². The fourth-order valence-corrected chi connectivity index (χ4v) is 3.20. The number of aryl methyl sites for hydroxylation is 1. The second-order valence-corrected chi connectivity index (χ2v) is 5.78. The number of oxime groups is 1. The van der Waals surface area contributed by atoms with Gasteiger partial charge in [0.1, 0.15) is 5.41 Å². The van der Waals surface area contributed by atoms with Crippen LogP contribution in [0.3, 0.4) is 0 Å². The highest BCUT2D eigenvalue weighted by molar-refractivity contribution is 6.12. The van der Waals surface area contributed by atoms with Gasteiger partial charge in [-0.2, -0.15) is 0 Å². The van der Waals surface area contributed by atoms with Gasteiger partial charge in [0.15, 0.2) is 5.84 Å². The Kier molecular flexibility index (Phi) is 4.50. The Hall–Kier alpha value is -2.04. The Bertz CT molecular complexity index is 548. The van der Waals surface area contributed by atoms with Crippen LogP contribution in [0.4, 0.5) is 5.69 Å². The topological polar surface area (TPSA) is 78.9 Å². The summed E-state index contributed by atoms with van der Waals surface area (Å²) in [5.41, 5.74) is 6.91. The van der Waals surface area contributed by atoms with Crippen molar-refractivity contribution in [2.75, 3.05) is 11.9 Å². The molecule has 3 N–H and O–H groups in total. The third kappa shape index (κ3) is 2.73. The van der Waals surface area contributed by atoms with Gasteiger partial charge in [-0.3, -0.25) is 4.79 Å². The highest BCUT2D eigenvalue weighted by Crippen LogP contribution is 2.39. The standard InChI is InChI=1S/C16H23N3O2/c1-12-8-4-5-9-13(12)19(2)15(20)16(14(17)18-21)10-6-3-7-11-16/h4-5,8-9,21H,3,6-7,10-11H2,1-2H3,(H2,17,18). The lowest BCUT2D eigenvalue weighted by molar-refractivity contribution is -0.126. The van der Waals surface area contributed by atoms with Crippen LogP contribution in [0, 0.1) is 12.3 Å². The number of nitrogens with two attached hydrogens (primary N) is 1. The van der Waals surface area contributed by atoms with Crippen molar-refractivity contribution in [1.29, 1.82) is 0 Å². The van der Waals surface area contributed by atoms with Gasteiger partial charge < -0.3 is 15.8 Å². The molecule has 0 spiro atoms. The van der Waals surface area contributed by atoms with Gasteiger partial charge in [0.05, 0.1) is 0 Å². The van der Waals surface area contributed by atoms with Crippen LogP contribution in [0.15, 0.2) is 29.4 Å². The number of para-hydroxylation sites is 1. The van der Waals surface area contributed by atoms with E-state index in [-0.39, 0.29) is 11.7 Å². The summed E-state index contributed by atoms with van der Waals surface area (Å²) in [6, 6.07) is 7.73. The van der Waals surface area contributed by atoms with E-state index >= 15 is 0 Å². The van der Waals surface area contributed by atoms with E-state index in [2.05, 4.69) is 5.16 Å². The zero-order valence-corrected chi connectivity index (χ0v) is 12.7. The molecule has 0 aliphatic heterocycles. The Morgan fingerprint density at radius 1 is 1.29 bits per heavy atom. The van der Waals surface area contributed by atoms with E-state index in [0.29, 0.717) is 12.8 Å². The van der Waals surface area contributed by atoms with Gasteiger partial charge in [-0.15, -0.1) is 0 Å². The monoisotopic (exact) mass is 289 g/mol. The van der Waals surface area contributed by atoms with E-state index in [1.807, 2.05) is 31.2 Å². The highest BCUT2D eigenvalue weighted by Gasteiger charge is 2.45. The highest BCUT2D eigenvalue weighted by atomic mass is 16.4. The molecule has 1 aromatic carbocycles. The molecule has 114 valence electrons. The number of benzene rings is 1. The van der Waals surface area contributed by atoms with E-state index in [9.17, 15) is 4.79 Å². The van der Waals surface area contributed by atoms with Crippen LogP contribution >= 0.6 is 0 Å². The molecule has 1 aliphatic rings. The minimum absolute atomic E-state index is 0.0348. The number of carbonyl (C=O) groups is 1. The van der Waals surface area contributed by atoms with Crippen molar-refractivity contribution in [3.05, 3.63) is 29.8 Å². The van der Waals surface area contributed by atoms with Crippen LogP contribution in [0.25, 0.3) is 0 Å². The third-order valence-corrected chi connectivity index (χ3v) is 4.50. The summed E-state index contributed by atoms with van der Waals surface area (Å²) in [6.45, 7) is 1.97. The maximum Gasteiger partial charge on any atom is 0.240 e. The Labute approximate surface area is 125 Å². The van der Waals surface area contributed by atoms with Gasteiger partial charge in [0.25, 0.3) is 0 Å². The number of anilines is 1. The van der Waals surface area contributed by atoms with Crippen molar-refractivity contribution in [1.82, 2.24) is 0 Å². The number of hydrogen-bond donors (Lipinski definition) is 2. The van der Waals surface area contributed by atoms with Crippen molar-refractivity contribution >= 4 is 17.4 Å². The van der Waals surface area contributed by atoms with Crippen molar-refractivity contribution in [3.8, 4) is 0 Å². The molecule has 2 rings (SSSR count). The zero-order chi connectivity index (χ0) is 15.5. The molecule has 0 aromatic heterocycles. The van der Waals surface area contributed by atoms with E-state index in [1.54, 1.807) is 11.9 Å². The summed E-state index contributed by atoms with van der Waals surface area (Å²) in [7, 11) is 1.76. The molecule has 1 saturated carbocycles. The number of hydrogen-bond acceptors (Lipinski definition) is 3. The summed E-state index contributed by atoms with van der Waals surface area (Å²) in [6.07, 6.45) is 4.20. The van der Waals surface area contributed by atoms with Gasteiger partial charge in [0, 0.05) is 12.7 Å². The van der Waals surface area contributed by atoms with E-state index in [1.165, 1.54) is 0 Å². The van der Waals surface area contributed by atoms with Gasteiger partial charge >= 0.3 is 0 Å². The van der Waals surface area contributed by atoms with Crippen LogP contribution in [-0.2, 0) is 4.79 Å². The van der Waals surface area contributed by atoms with E-state index < -0.39 is 5.41 Å². The maximum atomic E-state index is 13.0. The average molecular weight is 289 g/mol. The zero-order valence-electron chi connectivity index (χ0n) is 12.7. The first-order chi connectivity index (χ1) is 10.0. The second kappa shape index (κ2) is 6.16. The first kappa shape index (κ1) is 15.4. The fourth-order valence-electron chi connectivity index (χ4n) is 3.20. The number of nitrogens with zero attached hydrogens (tertiary/aromatic N) is 2. The molecule has 0 heterocycles. The summed E-state index contributed by atoms with van der Waals surface area (Å²) in [5, 5.41) is 12.3. The quantitative estimate of drug-likeness (QED) is 0.388. The molecular formula is C16H23N3O2. The molecule has 0 unspecified atom stereocenters. The van der Waals surface area contributed by atoms with Gasteiger partial charge in [-0.1, -0.05) is 42.6 Å². The summed E-state index contributed by atoms with van der Waals surface area (Å²) in [4.78, 5) is 14.7. The van der Waals surface area contributed by atoms with Crippen LogP contribution in [-0.4, -0.2) is 24.0 Å². The normalized spacial score (nSPS) is 18.3. The molecule has 1 aliphatic carbocycles. The summed E-state index contributed by atoms with van der Waals surface area (Å²) >= 11 is 0. The van der Waals surface area contributed by atoms with Crippen LogP contribution < -0.4 is 10.6 Å². The second-order valence-electron chi connectivity index (χ2n) is 5.78. The lowest BCUT2D eigenvalue weighted by Crippen LogP contribution is -2.51. The first-order valence-corrected chi connectivity index (χ1v) is 7.35. The largest absolute Gasteiger partial charge is 0.409 e.